The van der Waals surface area contributed by atoms with Gasteiger partial charge in [0.05, 0.1) is 0 Å². The number of halogens is 2. The lowest BCUT2D eigenvalue weighted by Crippen LogP contribution is -1.89. The molecule has 0 saturated carbocycles. The Balaban J connectivity index is -0.0000000400. The van der Waals surface area contributed by atoms with Crippen molar-refractivity contribution in [1.82, 2.24) is 5.32 Å². The van der Waals surface area contributed by atoms with Gasteiger partial charge in [0.1, 0.15) is 0 Å². The van der Waals surface area contributed by atoms with Gasteiger partial charge in [-0.25, -0.2) is 0 Å². The summed E-state index contributed by atoms with van der Waals surface area (Å²) in [5.41, 5.74) is 0. The van der Waals surface area contributed by atoms with Crippen LogP contribution >= 0.6 is 28.3 Å². The maximum Gasteiger partial charge on any atom is 0.000281 e. The average molecular weight is 191 g/mol. The summed E-state index contributed by atoms with van der Waals surface area (Å²) >= 11 is 3.15. The Bertz CT molecular complexity index is 13.7. The monoisotopic (exact) mass is 189 g/mol. The molecule has 3 heteroatoms. The molecule has 0 atom stereocenters. The third-order valence-electron chi connectivity index (χ3n) is 0. The first-order valence-electron chi connectivity index (χ1n) is 1.97. The highest BCUT2D eigenvalue weighted by atomic mass is 79.9. The van der Waals surface area contributed by atoms with E-state index in [9.17, 15) is 0 Å². The summed E-state index contributed by atoms with van der Waals surface area (Å²) in [6.07, 6.45) is 0. The molecule has 0 aromatic carbocycles. The SMILES string of the molecule is CCBr.CNC.Cl. The minimum atomic E-state index is 0. The highest BCUT2D eigenvalue weighted by Gasteiger charge is 1.38. The fourth-order valence-corrected chi connectivity index (χ4v) is 0. The summed E-state index contributed by atoms with van der Waals surface area (Å²) < 4.78 is 0. The van der Waals surface area contributed by atoms with E-state index in [1.54, 1.807) is 0 Å². The molecule has 0 aliphatic carbocycles. The van der Waals surface area contributed by atoms with Crippen molar-refractivity contribution in [3.63, 3.8) is 0 Å². The van der Waals surface area contributed by atoms with E-state index in [1.165, 1.54) is 0 Å². The summed E-state index contributed by atoms with van der Waals surface area (Å²) in [6.45, 7) is 2.04. The summed E-state index contributed by atoms with van der Waals surface area (Å²) in [6, 6.07) is 0. The maximum absolute atomic E-state index is 3.15. The van der Waals surface area contributed by atoms with Gasteiger partial charge in [-0.05, 0) is 14.1 Å². The van der Waals surface area contributed by atoms with E-state index in [0.717, 1.165) is 5.33 Å². The molecule has 7 heavy (non-hydrogen) atoms. The van der Waals surface area contributed by atoms with Crippen LogP contribution in [0.3, 0.4) is 0 Å². The average Bonchev–Trinajstić information content (AvgIpc) is 1.39. The maximum atomic E-state index is 3.15. The van der Waals surface area contributed by atoms with Crippen LogP contribution in [0.25, 0.3) is 0 Å². The van der Waals surface area contributed by atoms with E-state index in [-0.39, 0.29) is 12.4 Å². The Morgan fingerprint density at radius 1 is 1.43 bits per heavy atom. The second kappa shape index (κ2) is 29.6. The molecular formula is C4H13BrClN. The predicted octanol–water partition coefficient (Wildman–Crippen LogP) is 1.66. The van der Waals surface area contributed by atoms with Crippen LogP contribution in [-0.4, -0.2) is 19.4 Å². The Morgan fingerprint density at radius 2 is 1.43 bits per heavy atom. The molecule has 48 valence electrons. The van der Waals surface area contributed by atoms with Crippen molar-refractivity contribution in [1.29, 1.82) is 0 Å². The van der Waals surface area contributed by atoms with E-state index >= 15 is 0 Å². The third kappa shape index (κ3) is 283. The van der Waals surface area contributed by atoms with Gasteiger partial charge in [-0.3, -0.25) is 0 Å². The first kappa shape index (κ1) is 15.6. The molecule has 0 rings (SSSR count). The number of hydrogen-bond acceptors (Lipinski definition) is 1. The molecule has 1 N–H and O–H groups in total. The molecular weight excluding hydrogens is 177 g/mol. The van der Waals surface area contributed by atoms with Gasteiger partial charge in [-0.1, -0.05) is 22.9 Å². The van der Waals surface area contributed by atoms with Crippen molar-refractivity contribution < 1.29 is 0 Å². The number of alkyl halides is 1. The molecule has 0 aliphatic heterocycles. The van der Waals surface area contributed by atoms with Crippen molar-refractivity contribution in [2.24, 2.45) is 0 Å². The zero-order valence-electron chi connectivity index (χ0n) is 4.99. The van der Waals surface area contributed by atoms with Crippen LogP contribution in [0.5, 0.6) is 0 Å². The van der Waals surface area contributed by atoms with Crippen molar-refractivity contribution in [2.75, 3.05) is 19.4 Å². The van der Waals surface area contributed by atoms with Gasteiger partial charge in [0.25, 0.3) is 0 Å². The van der Waals surface area contributed by atoms with Crippen LogP contribution in [0, 0.1) is 0 Å². The van der Waals surface area contributed by atoms with Gasteiger partial charge in [-0.2, -0.15) is 0 Å². The Morgan fingerprint density at radius 3 is 1.43 bits per heavy atom. The molecule has 0 unspecified atom stereocenters. The van der Waals surface area contributed by atoms with Crippen LogP contribution in [-0.2, 0) is 0 Å². The molecule has 0 aliphatic rings. The fraction of sp³-hybridized carbons (Fsp3) is 1.00. The molecule has 0 heterocycles. The molecule has 1 nitrogen and oxygen atoms in total. The first-order valence-corrected chi connectivity index (χ1v) is 3.10. The van der Waals surface area contributed by atoms with E-state index in [4.69, 9.17) is 0 Å². The smallest absolute Gasteiger partial charge is 0.000281 e. The van der Waals surface area contributed by atoms with Crippen molar-refractivity contribution >= 4 is 28.3 Å². The molecule has 0 saturated heterocycles. The minimum Gasteiger partial charge on any atom is -0.323 e. The molecule has 0 bridgehead atoms. The largest absolute Gasteiger partial charge is 0.323 e. The standard InChI is InChI=1S/C2H5Br.C2H7N.ClH/c1-2-3;1-3-2;/h2H2,1H3;3H,1-2H3;1H. The Labute approximate surface area is 60.4 Å². The summed E-state index contributed by atoms with van der Waals surface area (Å²) in [5.74, 6) is 0. The second-order valence-corrected chi connectivity index (χ2v) is 1.89. The predicted molar refractivity (Wildman–Crippen MR) is 41.7 cm³/mol. The highest BCUT2D eigenvalue weighted by molar-refractivity contribution is 9.09. The Kier molecular flexibility index (Phi) is 66.3. The number of nitrogens with one attached hydrogen (secondary N) is 1. The molecule has 0 amide bonds. The van der Waals surface area contributed by atoms with Gasteiger partial charge < -0.3 is 5.32 Å². The van der Waals surface area contributed by atoms with Crippen molar-refractivity contribution in [3.8, 4) is 0 Å². The van der Waals surface area contributed by atoms with Gasteiger partial charge in [0.15, 0.2) is 0 Å². The molecule has 0 aromatic rings. The fourth-order valence-electron chi connectivity index (χ4n) is 0. The molecule has 0 spiro atoms. The lowest BCUT2D eigenvalue weighted by molar-refractivity contribution is 1.02. The zero-order chi connectivity index (χ0) is 5.41. The van der Waals surface area contributed by atoms with Crippen LogP contribution in [0.4, 0.5) is 0 Å². The zero-order valence-corrected chi connectivity index (χ0v) is 7.40. The van der Waals surface area contributed by atoms with E-state index in [1.807, 2.05) is 21.0 Å². The van der Waals surface area contributed by atoms with Gasteiger partial charge in [0.2, 0.25) is 0 Å². The number of rotatable bonds is 0. The molecule has 0 radical (unpaired) electrons. The van der Waals surface area contributed by atoms with E-state index in [0.29, 0.717) is 0 Å². The lowest BCUT2D eigenvalue weighted by atomic mass is 11.0. The van der Waals surface area contributed by atoms with Crippen LogP contribution in [0.2, 0.25) is 0 Å². The van der Waals surface area contributed by atoms with Crippen LogP contribution in [0.15, 0.2) is 0 Å². The Hall–Kier alpha value is 0.730. The van der Waals surface area contributed by atoms with E-state index in [2.05, 4.69) is 21.2 Å². The summed E-state index contributed by atoms with van der Waals surface area (Å²) in [5, 5.41) is 3.81. The summed E-state index contributed by atoms with van der Waals surface area (Å²) in [7, 11) is 3.75. The van der Waals surface area contributed by atoms with Crippen molar-refractivity contribution in [3.05, 3.63) is 0 Å². The topological polar surface area (TPSA) is 12.0 Å². The van der Waals surface area contributed by atoms with Crippen LogP contribution < -0.4 is 5.32 Å². The molecule has 0 aromatic heterocycles. The minimum absolute atomic E-state index is 0. The third-order valence-corrected chi connectivity index (χ3v) is 0. The second-order valence-electron chi connectivity index (χ2n) is 0.767. The van der Waals surface area contributed by atoms with Gasteiger partial charge in [0, 0.05) is 5.33 Å². The summed E-state index contributed by atoms with van der Waals surface area (Å²) in [4.78, 5) is 0. The quantitative estimate of drug-likeness (QED) is 0.573. The van der Waals surface area contributed by atoms with Crippen molar-refractivity contribution in [2.45, 2.75) is 6.92 Å². The van der Waals surface area contributed by atoms with Gasteiger partial charge in [-0.15, -0.1) is 12.4 Å². The van der Waals surface area contributed by atoms with Gasteiger partial charge >= 0.3 is 0 Å². The first-order chi connectivity index (χ1) is 2.83. The number of hydrogen-bond donors (Lipinski definition) is 1. The highest BCUT2D eigenvalue weighted by Crippen LogP contribution is 1.67. The van der Waals surface area contributed by atoms with E-state index < -0.39 is 0 Å². The molecule has 0 fully saturated rings. The normalized spacial score (nSPS) is 5.14. The van der Waals surface area contributed by atoms with Crippen LogP contribution in [0.1, 0.15) is 6.92 Å². The lowest BCUT2D eigenvalue weighted by Gasteiger charge is -1.59.